The lowest BCUT2D eigenvalue weighted by atomic mass is 10.1. The third kappa shape index (κ3) is 6.10. The third-order valence-electron chi connectivity index (χ3n) is 3.65. The smallest absolute Gasteiger partial charge is 0.319 e. The lowest BCUT2D eigenvalue weighted by molar-refractivity contribution is 0.0955. The summed E-state index contributed by atoms with van der Waals surface area (Å²) >= 11 is 0. The lowest BCUT2D eigenvalue weighted by Crippen LogP contribution is -2.34. The van der Waals surface area contributed by atoms with Gasteiger partial charge < -0.3 is 27.0 Å². The zero-order chi connectivity index (χ0) is 20.5. The van der Waals surface area contributed by atoms with Gasteiger partial charge in [-0.25, -0.2) is 4.79 Å². The number of urea groups is 1. The Morgan fingerprint density at radius 3 is 2.43 bits per heavy atom. The van der Waals surface area contributed by atoms with Crippen molar-refractivity contribution in [2.75, 3.05) is 23.7 Å². The maximum absolute atomic E-state index is 12.6. The molecule has 148 valence electrons. The SMILES string of the molecule is CC(C)NC(=O)Nc1cccc(C(=O)Nc2ccccc2C(=O)NCCN)c1. The minimum absolute atomic E-state index is 0.00611. The summed E-state index contributed by atoms with van der Waals surface area (Å²) in [5, 5.41) is 10.8. The largest absolute Gasteiger partial charge is 0.351 e. The van der Waals surface area contributed by atoms with Gasteiger partial charge in [0.25, 0.3) is 11.8 Å². The first-order valence-corrected chi connectivity index (χ1v) is 8.97. The first-order chi connectivity index (χ1) is 13.4. The molecule has 2 aromatic carbocycles. The summed E-state index contributed by atoms with van der Waals surface area (Å²) in [6, 6.07) is 12.9. The molecule has 8 heteroatoms. The molecule has 2 rings (SSSR count). The van der Waals surface area contributed by atoms with Crippen LogP contribution in [0.4, 0.5) is 16.2 Å². The molecule has 2 aromatic rings. The molecule has 0 saturated heterocycles. The molecule has 0 aliphatic heterocycles. The molecular formula is C20H25N5O3. The van der Waals surface area contributed by atoms with Crippen LogP contribution in [0.1, 0.15) is 34.6 Å². The Hall–Kier alpha value is -3.39. The van der Waals surface area contributed by atoms with Gasteiger partial charge in [0.2, 0.25) is 0 Å². The molecule has 0 radical (unpaired) electrons. The number of anilines is 2. The predicted octanol–water partition coefficient (Wildman–Crippen LogP) is 2.16. The Morgan fingerprint density at radius 1 is 0.964 bits per heavy atom. The number of nitrogens with one attached hydrogen (secondary N) is 4. The second-order valence-corrected chi connectivity index (χ2v) is 6.38. The van der Waals surface area contributed by atoms with Crippen LogP contribution in [-0.4, -0.2) is 37.0 Å². The average Bonchev–Trinajstić information content (AvgIpc) is 2.66. The average molecular weight is 383 g/mol. The highest BCUT2D eigenvalue weighted by atomic mass is 16.2. The van der Waals surface area contributed by atoms with Crippen LogP contribution in [0.5, 0.6) is 0 Å². The fourth-order valence-electron chi connectivity index (χ4n) is 2.43. The van der Waals surface area contributed by atoms with Gasteiger partial charge in [-0.2, -0.15) is 0 Å². The summed E-state index contributed by atoms with van der Waals surface area (Å²) in [4.78, 5) is 36.7. The Labute approximate surface area is 163 Å². The highest BCUT2D eigenvalue weighted by Crippen LogP contribution is 2.17. The van der Waals surface area contributed by atoms with Gasteiger partial charge in [-0.3, -0.25) is 9.59 Å². The van der Waals surface area contributed by atoms with Crippen molar-refractivity contribution in [3.8, 4) is 0 Å². The molecule has 0 spiro atoms. The number of hydrogen-bond acceptors (Lipinski definition) is 4. The highest BCUT2D eigenvalue weighted by Gasteiger charge is 2.14. The van der Waals surface area contributed by atoms with Crippen LogP contribution < -0.4 is 27.0 Å². The van der Waals surface area contributed by atoms with Gasteiger partial charge in [-0.1, -0.05) is 18.2 Å². The molecule has 0 aliphatic rings. The first kappa shape index (κ1) is 20.9. The summed E-state index contributed by atoms with van der Waals surface area (Å²) in [6.45, 7) is 4.37. The van der Waals surface area contributed by atoms with Crippen LogP contribution in [0, 0.1) is 0 Å². The van der Waals surface area contributed by atoms with Crippen molar-refractivity contribution >= 4 is 29.2 Å². The summed E-state index contributed by atoms with van der Waals surface area (Å²) in [6.07, 6.45) is 0. The Bertz CT molecular complexity index is 851. The number of amides is 4. The van der Waals surface area contributed by atoms with E-state index in [9.17, 15) is 14.4 Å². The topological polar surface area (TPSA) is 125 Å². The second kappa shape index (κ2) is 10.1. The van der Waals surface area contributed by atoms with E-state index in [0.717, 1.165) is 0 Å². The van der Waals surface area contributed by atoms with Gasteiger partial charge in [0.15, 0.2) is 0 Å². The molecule has 0 heterocycles. The molecule has 6 N–H and O–H groups in total. The molecule has 0 unspecified atom stereocenters. The van der Waals surface area contributed by atoms with Crippen molar-refractivity contribution in [1.82, 2.24) is 10.6 Å². The molecule has 28 heavy (non-hydrogen) atoms. The number of para-hydroxylation sites is 1. The van der Waals surface area contributed by atoms with Crippen molar-refractivity contribution in [2.24, 2.45) is 5.73 Å². The van der Waals surface area contributed by atoms with Crippen molar-refractivity contribution < 1.29 is 14.4 Å². The second-order valence-electron chi connectivity index (χ2n) is 6.38. The van der Waals surface area contributed by atoms with E-state index in [1.165, 1.54) is 0 Å². The Kier molecular flexibility index (Phi) is 7.53. The van der Waals surface area contributed by atoms with Crippen LogP contribution in [0.25, 0.3) is 0 Å². The normalized spacial score (nSPS) is 10.3. The Morgan fingerprint density at radius 2 is 1.71 bits per heavy atom. The van der Waals surface area contributed by atoms with Crippen LogP contribution in [0.15, 0.2) is 48.5 Å². The minimum atomic E-state index is -0.396. The quantitative estimate of drug-likeness (QED) is 0.502. The molecule has 0 saturated carbocycles. The van der Waals surface area contributed by atoms with Gasteiger partial charge in [0.1, 0.15) is 0 Å². The maximum Gasteiger partial charge on any atom is 0.319 e. The fourth-order valence-corrected chi connectivity index (χ4v) is 2.43. The number of hydrogen-bond donors (Lipinski definition) is 5. The van der Waals surface area contributed by atoms with E-state index in [1.807, 2.05) is 13.8 Å². The van der Waals surface area contributed by atoms with Gasteiger partial charge in [0, 0.05) is 30.4 Å². The fraction of sp³-hybridized carbons (Fsp3) is 0.250. The number of benzene rings is 2. The van der Waals surface area contributed by atoms with Gasteiger partial charge in [-0.05, 0) is 44.2 Å². The minimum Gasteiger partial charge on any atom is -0.351 e. The van der Waals surface area contributed by atoms with Crippen LogP contribution >= 0.6 is 0 Å². The van der Waals surface area contributed by atoms with Crippen molar-refractivity contribution in [1.29, 1.82) is 0 Å². The monoisotopic (exact) mass is 383 g/mol. The zero-order valence-corrected chi connectivity index (χ0v) is 15.9. The predicted molar refractivity (Wildman–Crippen MR) is 110 cm³/mol. The first-order valence-electron chi connectivity index (χ1n) is 8.97. The molecule has 0 fully saturated rings. The summed E-state index contributed by atoms with van der Waals surface area (Å²) in [5.74, 6) is -0.714. The van der Waals surface area contributed by atoms with E-state index < -0.39 is 5.91 Å². The number of carbonyl (C=O) groups excluding carboxylic acids is 3. The molecule has 4 amide bonds. The summed E-state index contributed by atoms with van der Waals surface area (Å²) in [5.41, 5.74) is 6.97. The van der Waals surface area contributed by atoms with Crippen molar-refractivity contribution in [2.45, 2.75) is 19.9 Å². The van der Waals surface area contributed by atoms with Gasteiger partial charge >= 0.3 is 6.03 Å². The summed E-state index contributed by atoms with van der Waals surface area (Å²) < 4.78 is 0. The number of nitrogens with two attached hydrogens (primary N) is 1. The van der Waals surface area contributed by atoms with E-state index in [0.29, 0.717) is 35.6 Å². The summed E-state index contributed by atoms with van der Waals surface area (Å²) in [7, 11) is 0. The number of rotatable bonds is 7. The third-order valence-corrected chi connectivity index (χ3v) is 3.65. The van der Waals surface area contributed by atoms with Gasteiger partial charge in [-0.15, -0.1) is 0 Å². The lowest BCUT2D eigenvalue weighted by Gasteiger charge is -2.13. The molecule has 0 atom stereocenters. The molecule has 0 aliphatic carbocycles. The number of carbonyl (C=O) groups is 3. The van der Waals surface area contributed by atoms with Crippen molar-refractivity contribution in [3.63, 3.8) is 0 Å². The van der Waals surface area contributed by atoms with Crippen LogP contribution in [0.3, 0.4) is 0 Å². The van der Waals surface area contributed by atoms with Crippen LogP contribution in [0.2, 0.25) is 0 Å². The molecule has 8 nitrogen and oxygen atoms in total. The van der Waals surface area contributed by atoms with Gasteiger partial charge in [0.05, 0.1) is 11.3 Å². The molecule has 0 bridgehead atoms. The van der Waals surface area contributed by atoms with E-state index in [1.54, 1.807) is 48.5 Å². The standard InChI is InChI=1S/C20H25N5O3/c1-13(2)23-20(28)24-15-7-5-6-14(12-15)18(26)25-17-9-4-3-8-16(17)19(27)22-11-10-21/h3-9,12-13H,10-11,21H2,1-2H3,(H,22,27)(H,25,26)(H2,23,24,28). The zero-order valence-electron chi connectivity index (χ0n) is 15.9. The van der Waals surface area contributed by atoms with E-state index in [-0.39, 0.29) is 18.0 Å². The van der Waals surface area contributed by atoms with E-state index in [4.69, 9.17) is 5.73 Å². The Balaban J connectivity index is 2.12. The van der Waals surface area contributed by atoms with Crippen LogP contribution in [-0.2, 0) is 0 Å². The maximum atomic E-state index is 12.6. The van der Waals surface area contributed by atoms with E-state index >= 15 is 0 Å². The molecular weight excluding hydrogens is 358 g/mol. The molecule has 0 aromatic heterocycles. The van der Waals surface area contributed by atoms with E-state index in [2.05, 4.69) is 21.3 Å². The van der Waals surface area contributed by atoms with Crippen molar-refractivity contribution in [3.05, 3.63) is 59.7 Å². The highest BCUT2D eigenvalue weighted by molar-refractivity contribution is 6.09.